The normalized spacial score (nSPS) is 10.9. The highest BCUT2D eigenvalue weighted by Crippen LogP contribution is 2.21. The molecule has 2 aromatic carbocycles. The number of thiazole rings is 1. The molecule has 3 aromatic rings. The first kappa shape index (κ1) is 18.9. The Morgan fingerprint density at radius 2 is 2.04 bits per heavy atom. The van der Waals surface area contributed by atoms with Crippen molar-refractivity contribution >= 4 is 23.3 Å². The number of hydrogen-bond donors (Lipinski definition) is 1. The summed E-state index contributed by atoms with van der Waals surface area (Å²) in [6.07, 6.45) is 4.11. The molecule has 1 amide bonds. The zero-order valence-corrected chi connectivity index (χ0v) is 16.3. The summed E-state index contributed by atoms with van der Waals surface area (Å²) in [5, 5.41) is 6.05. The first-order chi connectivity index (χ1) is 13.1. The standard InChI is InChI=1S/C22H22N2O2S/c1-16-24-21(15-27-16)19-9-6-17(7-10-19)12-13-23-22(25)11-8-18-4-3-5-20(14-18)26-2/h3-11,14-15H,12-13H2,1-2H3,(H,23,25). The third-order valence-electron chi connectivity index (χ3n) is 4.10. The summed E-state index contributed by atoms with van der Waals surface area (Å²) in [4.78, 5) is 16.5. The Labute approximate surface area is 163 Å². The van der Waals surface area contributed by atoms with Gasteiger partial charge in [-0.15, -0.1) is 11.3 Å². The lowest BCUT2D eigenvalue weighted by molar-refractivity contribution is -0.116. The van der Waals surface area contributed by atoms with Crippen molar-refractivity contribution in [3.05, 3.63) is 76.1 Å². The molecule has 5 heteroatoms. The number of aromatic nitrogens is 1. The van der Waals surface area contributed by atoms with E-state index in [1.807, 2.05) is 31.2 Å². The molecule has 0 fully saturated rings. The lowest BCUT2D eigenvalue weighted by atomic mass is 10.1. The topological polar surface area (TPSA) is 51.2 Å². The average molecular weight is 378 g/mol. The first-order valence-corrected chi connectivity index (χ1v) is 9.63. The van der Waals surface area contributed by atoms with Crippen molar-refractivity contribution in [2.24, 2.45) is 0 Å². The van der Waals surface area contributed by atoms with Crippen LogP contribution in [0.4, 0.5) is 0 Å². The van der Waals surface area contributed by atoms with Gasteiger partial charge in [-0.1, -0.05) is 36.4 Å². The summed E-state index contributed by atoms with van der Waals surface area (Å²) >= 11 is 1.65. The van der Waals surface area contributed by atoms with Crippen LogP contribution in [0, 0.1) is 6.92 Å². The number of hydrogen-bond acceptors (Lipinski definition) is 4. The maximum Gasteiger partial charge on any atom is 0.244 e. The van der Waals surface area contributed by atoms with Crippen molar-refractivity contribution in [1.29, 1.82) is 0 Å². The SMILES string of the molecule is COc1cccc(C=CC(=O)NCCc2ccc(-c3csc(C)n3)cc2)c1. The molecule has 3 rings (SSSR count). The maximum absolute atomic E-state index is 12.0. The molecule has 138 valence electrons. The minimum atomic E-state index is -0.104. The van der Waals surface area contributed by atoms with E-state index in [1.165, 1.54) is 5.56 Å². The van der Waals surface area contributed by atoms with Crippen LogP contribution in [0.25, 0.3) is 17.3 Å². The molecule has 1 heterocycles. The van der Waals surface area contributed by atoms with Crippen LogP contribution < -0.4 is 10.1 Å². The van der Waals surface area contributed by atoms with Gasteiger partial charge in [0.25, 0.3) is 0 Å². The number of aryl methyl sites for hydroxylation is 1. The van der Waals surface area contributed by atoms with Crippen LogP contribution in [-0.2, 0) is 11.2 Å². The highest BCUT2D eigenvalue weighted by molar-refractivity contribution is 7.09. The lowest BCUT2D eigenvalue weighted by Crippen LogP contribution is -2.23. The Morgan fingerprint density at radius 1 is 1.22 bits per heavy atom. The maximum atomic E-state index is 12.0. The van der Waals surface area contributed by atoms with Crippen molar-refractivity contribution in [3.63, 3.8) is 0 Å². The lowest BCUT2D eigenvalue weighted by Gasteiger charge is -2.04. The molecule has 0 saturated carbocycles. The first-order valence-electron chi connectivity index (χ1n) is 8.75. The van der Waals surface area contributed by atoms with Gasteiger partial charge in [0.1, 0.15) is 5.75 Å². The zero-order chi connectivity index (χ0) is 19.1. The molecule has 0 bridgehead atoms. The molecule has 1 N–H and O–H groups in total. The van der Waals surface area contributed by atoms with E-state index in [4.69, 9.17) is 4.74 Å². The second-order valence-electron chi connectivity index (χ2n) is 6.10. The predicted octanol–water partition coefficient (Wildman–Crippen LogP) is 4.50. The van der Waals surface area contributed by atoms with Gasteiger partial charge in [-0.25, -0.2) is 4.98 Å². The third kappa shape index (κ3) is 5.53. The summed E-state index contributed by atoms with van der Waals surface area (Å²) in [5.74, 6) is 0.668. The molecule has 0 radical (unpaired) electrons. The van der Waals surface area contributed by atoms with E-state index in [2.05, 4.69) is 39.9 Å². The van der Waals surface area contributed by atoms with Gasteiger partial charge in [-0.3, -0.25) is 4.79 Å². The number of amides is 1. The molecular weight excluding hydrogens is 356 g/mol. The van der Waals surface area contributed by atoms with Gasteiger partial charge in [0.05, 0.1) is 17.8 Å². The predicted molar refractivity (Wildman–Crippen MR) is 111 cm³/mol. The largest absolute Gasteiger partial charge is 0.497 e. The Balaban J connectivity index is 1.47. The summed E-state index contributed by atoms with van der Waals surface area (Å²) < 4.78 is 5.18. The van der Waals surface area contributed by atoms with E-state index in [0.29, 0.717) is 6.54 Å². The fraction of sp³-hybridized carbons (Fsp3) is 0.182. The molecule has 27 heavy (non-hydrogen) atoms. The van der Waals surface area contributed by atoms with Crippen LogP contribution in [0.2, 0.25) is 0 Å². The van der Waals surface area contributed by atoms with Crippen LogP contribution in [-0.4, -0.2) is 24.5 Å². The molecule has 4 nitrogen and oxygen atoms in total. The van der Waals surface area contributed by atoms with Gasteiger partial charge in [0.2, 0.25) is 5.91 Å². The Bertz CT molecular complexity index is 929. The highest BCUT2D eigenvalue weighted by atomic mass is 32.1. The Morgan fingerprint density at radius 3 is 2.74 bits per heavy atom. The number of ether oxygens (including phenoxy) is 1. The number of methoxy groups -OCH3 is 1. The van der Waals surface area contributed by atoms with Gasteiger partial charge < -0.3 is 10.1 Å². The van der Waals surface area contributed by atoms with E-state index < -0.39 is 0 Å². The minimum Gasteiger partial charge on any atom is -0.497 e. The fourth-order valence-electron chi connectivity index (χ4n) is 2.64. The van der Waals surface area contributed by atoms with Gasteiger partial charge in [-0.2, -0.15) is 0 Å². The van der Waals surface area contributed by atoms with Crippen molar-refractivity contribution in [3.8, 4) is 17.0 Å². The average Bonchev–Trinajstić information content (AvgIpc) is 3.13. The van der Waals surface area contributed by atoms with Crippen LogP contribution >= 0.6 is 11.3 Å². The molecule has 0 spiro atoms. The van der Waals surface area contributed by atoms with E-state index in [0.717, 1.165) is 34.0 Å². The highest BCUT2D eigenvalue weighted by Gasteiger charge is 2.02. The quantitative estimate of drug-likeness (QED) is 0.616. The molecule has 1 aromatic heterocycles. The molecule has 0 unspecified atom stereocenters. The summed E-state index contributed by atoms with van der Waals surface area (Å²) in [6, 6.07) is 15.9. The zero-order valence-electron chi connectivity index (χ0n) is 15.4. The van der Waals surface area contributed by atoms with Crippen molar-refractivity contribution in [1.82, 2.24) is 10.3 Å². The number of rotatable bonds is 7. The van der Waals surface area contributed by atoms with E-state index >= 15 is 0 Å². The summed E-state index contributed by atoms with van der Waals surface area (Å²) in [7, 11) is 1.62. The Hall–Kier alpha value is -2.92. The van der Waals surface area contributed by atoms with Gasteiger partial charge >= 0.3 is 0 Å². The van der Waals surface area contributed by atoms with Crippen LogP contribution in [0.1, 0.15) is 16.1 Å². The van der Waals surface area contributed by atoms with Crippen LogP contribution in [0.5, 0.6) is 5.75 Å². The second-order valence-corrected chi connectivity index (χ2v) is 7.16. The van der Waals surface area contributed by atoms with Gasteiger partial charge in [-0.05, 0) is 42.7 Å². The van der Waals surface area contributed by atoms with Gasteiger partial charge in [0, 0.05) is 23.6 Å². The minimum absolute atomic E-state index is 0.104. The molecule has 0 aliphatic carbocycles. The third-order valence-corrected chi connectivity index (χ3v) is 4.88. The molecule has 0 atom stereocenters. The molecule has 0 aliphatic heterocycles. The van der Waals surface area contributed by atoms with E-state index in [1.54, 1.807) is 30.6 Å². The number of benzene rings is 2. The number of nitrogens with zero attached hydrogens (tertiary/aromatic N) is 1. The van der Waals surface area contributed by atoms with E-state index in [9.17, 15) is 4.79 Å². The van der Waals surface area contributed by atoms with Crippen molar-refractivity contribution < 1.29 is 9.53 Å². The van der Waals surface area contributed by atoms with Crippen LogP contribution in [0.15, 0.2) is 60.0 Å². The number of carbonyl (C=O) groups excluding carboxylic acids is 1. The van der Waals surface area contributed by atoms with Crippen LogP contribution in [0.3, 0.4) is 0 Å². The molecule has 0 saturated heterocycles. The smallest absolute Gasteiger partial charge is 0.244 e. The van der Waals surface area contributed by atoms with Gasteiger partial charge in [0.15, 0.2) is 0 Å². The molecular formula is C22H22N2O2S. The van der Waals surface area contributed by atoms with Crippen molar-refractivity contribution in [2.45, 2.75) is 13.3 Å². The summed E-state index contributed by atoms with van der Waals surface area (Å²) in [6.45, 7) is 2.60. The summed E-state index contributed by atoms with van der Waals surface area (Å²) in [5.41, 5.74) is 4.24. The fourth-order valence-corrected chi connectivity index (χ4v) is 3.27. The second kappa shape index (κ2) is 9.14. The number of carbonyl (C=O) groups is 1. The van der Waals surface area contributed by atoms with E-state index in [-0.39, 0.29) is 5.91 Å². The van der Waals surface area contributed by atoms with Crippen molar-refractivity contribution in [2.75, 3.05) is 13.7 Å². The number of nitrogens with one attached hydrogen (secondary N) is 1. The monoisotopic (exact) mass is 378 g/mol. The molecule has 0 aliphatic rings. The Kier molecular flexibility index (Phi) is 6.39.